The molecule has 0 bridgehead atoms. The number of nitrogens with zero attached hydrogens (tertiary/aromatic N) is 1. The first-order chi connectivity index (χ1) is 5.65. The minimum atomic E-state index is 0.489. The zero-order chi connectivity index (χ0) is 9.56. The van der Waals surface area contributed by atoms with Gasteiger partial charge in [-0.15, -0.1) is 0 Å². The zero-order valence-corrected chi connectivity index (χ0v) is 7.85. The monoisotopic (exact) mass is 161 g/mol. The lowest BCUT2D eigenvalue weighted by Gasteiger charge is -2.04. The van der Waals surface area contributed by atoms with E-state index in [0.717, 1.165) is 18.4 Å². The summed E-state index contributed by atoms with van der Waals surface area (Å²) >= 11 is 0. The molecule has 1 heteroatoms. The molecule has 0 aliphatic carbocycles. The third-order valence-corrected chi connectivity index (χ3v) is 1.86. The van der Waals surface area contributed by atoms with Crippen LogP contribution in [0.25, 0.3) is 0 Å². The molecule has 0 radical (unpaired) electrons. The van der Waals surface area contributed by atoms with Crippen LogP contribution in [0.2, 0.25) is 0 Å². The first kappa shape index (κ1) is 10.7. The highest BCUT2D eigenvalue weighted by Crippen LogP contribution is 2.17. The minimum absolute atomic E-state index is 0.489. The number of hydrogen-bond acceptors (Lipinski definition) is 1. The van der Waals surface area contributed by atoms with E-state index in [9.17, 15) is 0 Å². The first-order valence-corrected chi connectivity index (χ1v) is 4.06. The van der Waals surface area contributed by atoms with Gasteiger partial charge < -0.3 is 0 Å². The Hall–Kier alpha value is -1.29. The summed E-state index contributed by atoms with van der Waals surface area (Å²) in [4.78, 5) is 0. The average molecular weight is 161 g/mol. The smallest absolute Gasteiger partial charge is 0.0988 e. The summed E-state index contributed by atoms with van der Waals surface area (Å²) in [6, 6.07) is 2.00. The van der Waals surface area contributed by atoms with Crippen molar-refractivity contribution >= 4 is 0 Å². The topological polar surface area (TPSA) is 23.8 Å². The van der Waals surface area contributed by atoms with Gasteiger partial charge in [-0.05, 0) is 25.3 Å². The SMILES string of the molecule is C=C(C#N)C(=C)C/C(=C\C)CC. The molecule has 0 rings (SSSR count). The van der Waals surface area contributed by atoms with Crippen LogP contribution in [-0.4, -0.2) is 0 Å². The molecule has 0 unspecified atom stereocenters. The van der Waals surface area contributed by atoms with Gasteiger partial charge in [-0.2, -0.15) is 5.26 Å². The lowest BCUT2D eigenvalue weighted by Crippen LogP contribution is -1.87. The number of rotatable bonds is 4. The number of hydrogen-bond donors (Lipinski definition) is 0. The molecule has 0 aliphatic heterocycles. The van der Waals surface area contributed by atoms with Gasteiger partial charge in [-0.25, -0.2) is 0 Å². The van der Waals surface area contributed by atoms with E-state index in [1.54, 1.807) is 0 Å². The fourth-order valence-electron chi connectivity index (χ4n) is 0.891. The van der Waals surface area contributed by atoms with E-state index >= 15 is 0 Å². The van der Waals surface area contributed by atoms with Gasteiger partial charge in [0.05, 0.1) is 6.07 Å². The largest absolute Gasteiger partial charge is 0.192 e. The van der Waals surface area contributed by atoms with E-state index in [1.807, 2.05) is 13.0 Å². The van der Waals surface area contributed by atoms with E-state index in [2.05, 4.69) is 26.2 Å². The van der Waals surface area contributed by atoms with Crippen LogP contribution in [-0.2, 0) is 0 Å². The van der Waals surface area contributed by atoms with Crippen LogP contribution < -0.4 is 0 Å². The summed E-state index contributed by atoms with van der Waals surface area (Å²) in [6.45, 7) is 11.5. The van der Waals surface area contributed by atoms with Crippen molar-refractivity contribution in [2.24, 2.45) is 0 Å². The molecule has 0 saturated heterocycles. The zero-order valence-electron chi connectivity index (χ0n) is 7.85. The summed E-state index contributed by atoms with van der Waals surface area (Å²) in [5.74, 6) is 0. The van der Waals surface area contributed by atoms with Crippen LogP contribution in [0.4, 0.5) is 0 Å². The van der Waals surface area contributed by atoms with Gasteiger partial charge in [0.2, 0.25) is 0 Å². The Kier molecular flexibility index (Phi) is 4.79. The Morgan fingerprint density at radius 3 is 2.42 bits per heavy atom. The van der Waals surface area contributed by atoms with Gasteiger partial charge in [-0.1, -0.05) is 31.7 Å². The Morgan fingerprint density at radius 2 is 2.08 bits per heavy atom. The highest BCUT2D eigenvalue weighted by molar-refractivity contribution is 5.39. The van der Waals surface area contributed by atoms with Crippen molar-refractivity contribution in [2.75, 3.05) is 0 Å². The average Bonchev–Trinajstić information content (AvgIpc) is 2.12. The van der Waals surface area contributed by atoms with Gasteiger partial charge >= 0.3 is 0 Å². The summed E-state index contributed by atoms with van der Waals surface area (Å²) in [5.41, 5.74) is 2.62. The van der Waals surface area contributed by atoms with Crippen molar-refractivity contribution < 1.29 is 0 Å². The Bertz CT molecular complexity index is 251. The standard InChI is InChI=1S/C11H15N/c1-5-11(6-2)7-9(3)10(4)8-12/h5H,3-4,6-7H2,1-2H3/b11-5-. The molecular weight excluding hydrogens is 146 g/mol. The van der Waals surface area contributed by atoms with E-state index in [0.29, 0.717) is 5.57 Å². The molecule has 0 atom stereocenters. The summed E-state index contributed by atoms with van der Waals surface area (Å²) in [5, 5.41) is 8.53. The number of nitriles is 1. The Morgan fingerprint density at radius 1 is 1.50 bits per heavy atom. The molecule has 0 aromatic heterocycles. The molecule has 12 heavy (non-hydrogen) atoms. The predicted octanol–water partition coefficient (Wildman–Crippen LogP) is 3.37. The summed E-state index contributed by atoms with van der Waals surface area (Å²) in [6.07, 6.45) is 3.85. The molecule has 0 fully saturated rings. The maximum atomic E-state index is 8.53. The third-order valence-electron chi connectivity index (χ3n) is 1.86. The quantitative estimate of drug-likeness (QED) is 0.352. The van der Waals surface area contributed by atoms with E-state index in [1.165, 1.54) is 5.57 Å². The van der Waals surface area contributed by atoms with Gasteiger partial charge in [0.15, 0.2) is 0 Å². The van der Waals surface area contributed by atoms with Crippen molar-refractivity contribution in [3.05, 3.63) is 36.0 Å². The van der Waals surface area contributed by atoms with Gasteiger partial charge in [0, 0.05) is 5.57 Å². The summed E-state index contributed by atoms with van der Waals surface area (Å²) in [7, 11) is 0. The molecule has 0 heterocycles. The normalized spacial score (nSPS) is 10.6. The van der Waals surface area contributed by atoms with Gasteiger partial charge in [0.1, 0.15) is 0 Å². The Labute approximate surface area is 74.7 Å². The van der Waals surface area contributed by atoms with Crippen LogP contribution in [0.3, 0.4) is 0 Å². The van der Waals surface area contributed by atoms with E-state index in [-0.39, 0.29) is 0 Å². The van der Waals surface area contributed by atoms with Crippen LogP contribution in [0.5, 0.6) is 0 Å². The maximum Gasteiger partial charge on any atom is 0.0988 e. The molecule has 0 amide bonds. The molecular formula is C11H15N. The second-order valence-electron chi connectivity index (χ2n) is 2.67. The van der Waals surface area contributed by atoms with E-state index < -0.39 is 0 Å². The van der Waals surface area contributed by atoms with Crippen molar-refractivity contribution in [2.45, 2.75) is 26.7 Å². The second-order valence-corrected chi connectivity index (χ2v) is 2.67. The van der Waals surface area contributed by atoms with E-state index in [4.69, 9.17) is 5.26 Å². The first-order valence-electron chi connectivity index (χ1n) is 4.06. The number of allylic oxidation sites excluding steroid dienone is 4. The predicted molar refractivity (Wildman–Crippen MR) is 52.6 cm³/mol. The van der Waals surface area contributed by atoms with Crippen LogP contribution in [0.1, 0.15) is 26.7 Å². The molecule has 0 aromatic rings. The molecule has 64 valence electrons. The van der Waals surface area contributed by atoms with Crippen molar-refractivity contribution in [1.82, 2.24) is 0 Å². The molecule has 1 nitrogen and oxygen atoms in total. The van der Waals surface area contributed by atoms with Crippen LogP contribution >= 0.6 is 0 Å². The molecule has 0 N–H and O–H groups in total. The fraction of sp³-hybridized carbons (Fsp3) is 0.364. The lowest BCUT2D eigenvalue weighted by atomic mass is 10.00. The second kappa shape index (κ2) is 5.37. The highest BCUT2D eigenvalue weighted by atomic mass is 14.2. The maximum absolute atomic E-state index is 8.53. The molecule has 0 aliphatic rings. The van der Waals surface area contributed by atoms with Gasteiger partial charge in [-0.3, -0.25) is 0 Å². The highest BCUT2D eigenvalue weighted by Gasteiger charge is 2.00. The van der Waals surface area contributed by atoms with Gasteiger partial charge in [0.25, 0.3) is 0 Å². The molecule has 0 aromatic carbocycles. The van der Waals surface area contributed by atoms with Crippen LogP contribution in [0.15, 0.2) is 36.0 Å². The van der Waals surface area contributed by atoms with Crippen LogP contribution in [0, 0.1) is 11.3 Å². The van der Waals surface area contributed by atoms with Crippen molar-refractivity contribution in [3.63, 3.8) is 0 Å². The third kappa shape index (κ3) is 3.21. The van der Waals surface area contributed by atoms with Crippen molar-refractivity contribution in [3.8, 4) is 6.07 Å². The molecule has 0 saturated carbocycles. The van der Waals surface area contributed by atoms with Crippen molar-refractivity contribution in [1.29, 1.82) is 5.26 Å². The Balaban J connectivity index is 4.20. The molecule has 0 spiro atoms. The fourth-order valence-corrected chi connectivity index (χ4v) is 0.891. The summed E-state index contributed by atoms with van der Waals surface area (Å²) < 4.78 is 0. The minimum Gasteiger partial charge on any atom is -0.192 e. The lowest BCUT2D eigenvalue weighted by molar-refractivity contribution is 0.999.